The van der Waals surface area contributed by atoms with E-state index in [1.807, 2.05) is 27.7 Å². The second kappa shape index (κ2) is 6.68. The molecule has 2 heterocycles. The molecule has 0 bridgehead atoms. The highest BCUT2D eigenvalue weighted by atomic mass is 32.2. The normalized spacial score (nSPS) is 13.5. The Kier molecular flexibility index (Phi) is 5.10. The minimum Gasteiger partial charge on any atom is -0.338 e. The predicted molar refractivity (Wildman–Crippen MR) is 85.0 cm³/mol. The maximum Gasteiger partial charge on any atom is 0.343 e. The van der Waals surface area contributed by atoms with Gasteiger partial charge >= 0.3 is 5.69 Å². The quantitative estimate of drug-likeness (QED) is 0.821. The average Bonchev–Trinajstić information content (AvgIpc) is 3.04. The first-order valence-corrected chi connectivity index (χ1v) is 8.36. The standard InChI is InChI=1S/C14H23N5O2S/c1-6-7-8-19-12(20)16-17-13(19)22-9(2)10-15-11(18-21-10)14(3,4)5/h9H,6-8H2,1-5H3,(H,16,20)/t9-/m0/s1. The van der Waals surface area contributed by atoms with Gasteiger partial charge in [0.1, 0.15) is 0 Å². The number of aromatic amines is 1. The highest BCUT2D eigenvalue weighted by Crippen LogP contribution is 2.33. The number of hydrogen-bond donors (Lipinski definition) is 1. The van der Waals surface area contributed by atoms with E-state index in [-0.39, 0.29) is 16.4 Å². The Labute approximate surface area is 133 Å². The van der Waals surface area contributed by atoms with Crippen molar-refractivity contribution >= 4 is 11.8 Å². The van der Waals surface area contributed by atoms with E-state index in [1.54, 1.807) is 4.57 Å². The van der Waals surface area contributed by atoms with Crippen LogP contribution in [0.1, 0.15) is 64.4 Å². The van der Waals surface area contributed by atoms with Gasteiger partial charge in [-0.05, 0) is 13.3 Å². The number of H-pyrrole nitrogens is 1. The van der Waals surface area contributed by atoms with Gasteiger partial charge in [-0.2, -0.15) is 4.98 Å². The van der Waals surface area contributed by atoms with Crippen LogP contribution < -0.4 is 5.69 Å². The molecule has 2 aromatic rings. The molecule has 122 valence electrons. The summed E-state index contributed by atoms with van der Waals surface area (Å²) in [4.78, 5) is 16.2. The Balaban J connectivity index is 2.14. The van der Waals surface area contributed by atoms with Gasteiger partial charge in [0.2, 0.25) is 5.89 Å². The van der Waals surface area contributed by atoms with Crippen LogP contribution in [0.3, 0.4) is 0 Å². The summed E-state index contributed by atoms with van der Waals surface area (Å²) in [5, 5.41) is 11.2. The zero-order valence-electron chi connectivity index (χ0n) is 13.7. The molecule has 2 aromatic heterocycles. The van der Waals surface area contributed by atoms with Crippen LogP contribution in [0.2, 0.25) is 0 Å². The van der Waals surface area contributed by atoms with Crippen LogP contribution in [-0.4, -0.2) is 24.9 Å². The highest BCUT2D eigenvalue weighted by molar-refractivity contribution is 7.99. The van der Waals surface area contributed by atoms with Gasteiger partial charge in [-0.25, -0.2) is 9.89 Å². The summed E-state index contributed by atoms with van der Waals surface area (Å²) < 4.78 is 7.00. The third-order valence-electron chi connectivity index (χ3n) is 3.20. The van der Waals surface area contributed by atoms with Crippen molar-refractivity contribution in [3.05, 3.63) is 22.2 Å². The van der Waals surface area contributed by atoms with Crippen molar-refractivity contribution in [2.24, 2.45) is 0 Å². The van der Waals surface area contributed by atoms with Crippen molar-refractivity contribution in [2.75, 3.05) is 0 Å². The van der Waals surface area contributed by atoms with Crippen molar-refractivity contribution in [3.8, 4) is 0 Å². The molecule has 22 heavy (non-hydrogen) atoms. The molecule has 7 nitrogen and oxygen atoms in total. The topological polar surface area (TPSA) is 89.6 Å². The summed E-state index contributed by atoms with van der Waals surface area (Å²) in [6, 6.07) is 0. The minimum absolute atomic E-state index is 0.0702. The summed E-state index contributed by atoms with van der Waals surface area (Å²) >= 11 is 1.44. The highest BCUT2D eigenvalue weighted by Gasteiger charge is 2.24. The third kappa shape index (κ3) is 3.79. The average molecular weight is 325 g/mol. The Hall–Kier alpha value is -1.57. The van der Waals surface area contributed by atoms with Crippen LogP contribution in [0.5, 0.6) is 0 Å². The summed E-state index contributed by atoms with van der Waals surface area (Å²) in [5.41, 5.74) is -0.328. The number of nitrogens with one attached hydrogen (secondary N) is 1. The van der Waals surface area contributed by atoms with Gasteiger partial charge in [0.15, 0.2) is 11.0 Å². The largest absolute Gasteiger partial charge is 0.343 e. The summed E-state index contributed by atoms with van der Waals surface area (Å²) in [7, 11) is 0. The van der Waals surface area contributed by atoms with Gasteiger partial charge in [0.25, 0.3) is 0 Å². The molecule has 2 rings (SSSR count). The fraction of sp³-hybridized carbons (Fsp3) is 0.714. The molecule has 0 aliphatic carbocycles. The minimum atomic E-state index is -0.177. The predicted octanol–water partition coefficient (Wildman–Crippen LogP) is 2.91. The Morgan fingerprint density at radius 3 is 2.73 bits per heavy atom. The monoisotopic (exact) mass is 325 g/mol. The summed E-state index contributed by atoms with van der Waals surface area (Å²) in [6.45, 7) is 10.8. The van der Waals surface area contributed by atoms with Crippen LogP contribution in [0, 0.1) is 0 Å². The molecule has 0 unspecified atom stereocenters. The van der Waals surface area contributed by atoms with E-state index in [0.717, 1.165) is 12.8 Å². The molecule has 0 aromatic carbocycles. The Bertz CT molecular complexity index is 667. The van der Waals surface area contributed by atoms with E-state index in [0.29, 0.717) is 23.4 Å². The first-order chi connectivity index (χ1) is 10.3. The zero-order chi connectivity index (χ0) is 16.3. The van der Waals surface area contributed by atoms with Gasteiger partial charge in [-0.1, -0.05) is 51.0 Å². The van der Waals surface area contributed by atoms with Gasteiger partial charge in [0.05, 0.1) is 5.25 Å². The maximum absolute atomic E-state index is 11.8. The van der Waals surface area contributed by atoms with Crippen LogP contribution >= 0.6 is 11.8 Å². The second-order valence-corrected chi connectivity index (χ2v) is 7.59. The molecule has 1 N–H and O–H groups in total. The number of nitrogens with zero attached hydrogens (tertiary/aromatic N) is 4. The lowest BCUT2D eigenvalue weighted by molar-refractivity contribution is 0.364. The molecule has 8 heteroatoms. The van der Waals surface area contributed by atoms with E-state index < -0.39 is 0 Å². The first kappa shape index (κ1) is 16.8. The lowest BCUT2D eigenvalue weighted by Crippen LogP contribution is -2.17. The number of aromatic nitrogens is 5. The number of thioether (sulfide) groups is 1. The van der Waals surface area contributed by atoms with Gasteiger partial charge in [0, 0.05) is 12.0 Å². The van der Waals surface area contributed by atoms with Crippen LogP contribution in [0.4, 0.5) is 0 Å². The maximum atomic E-state index is 11.8. The van der Waals surface area contributed by atoms with Crippen molar-refractivity contribution in [1.82, 2.24) is 24.9 Å². The molecule has 0 fully saturated rings. The van der Waals surface area contributed by atoms with Crippen LogP contribution in [0.25, 0.3) is 0 Å². The number of unbranched alkanes of at least 4 members (excludes halogenated alkanes) is 1. The summed E-state index contributed by atoms with van der Waals surface area (Å²) in [5.74, 6) is 1.23. The number of rotatable bonds is 6. The van der Waals surface area contributed by atoms with Crippen molar-refractivity contribution in [1.29, 1.82) is 0 Å². The van der Waals surface area contributed by atoms with Crippen LogP contribution in [-0.2, 0) is 12.0 Å². The lowest BCUT2D eigenvalue weighted by Gasteiger charge is -2.11. The Morgan fingerprint density at radius 1 is 1.41 bits per heavy atom. The van der Waals surface area contributed by atoms with E-state index >= 15 is 0 Å². The third-order valence-corrected chi connectivity index (χ3v) is 4.28. The van der Waals surface area contributed by atoms with Crippen molar-refractivity contribution in [2.45, 2.75) is 69.8 Å². The van der Waals surface area contributed by atoms with E-state index in [1.165, 1.54) is 11.8 Å². The van der Waals surface area contributed by atoms with Crippen molar-refractivity contribution in [3.63, 3.8) is 0 Å². The fourth-order valence-corrected chi connectivity index (χ4v) is 2.73. The first-order valence-electron chi connectivity index (χ1n) is 7.49. The molecule has 0 saturated heterocycles. The second-order valence-electron chi connectivity index (χ2n) is 6.28. The van der Waals surface area contributed by atoms with E-state index in [2.05, 4.69) is 27.3 Å². The van der Waals surface area contributed by atoms with Crippen LogP contribution in [0.15, 0.2) is 14.5 Å². The molecule has 0 aliphatic rings. The molecule has 0 radical (unpaired) electrons. The fourth-order valence-electron chi connectivity index (χ4n) is 1.82. The molecule has 0 spiro atoms. The van der Waals surface area contributed by atoms with Crippen molar-refractivity contribution < 1.29 is 4.52 Å². The van der Waals surface area contributed by atoms with Gasteiger partial charge in [-0.15, -0.1) is 5.10 Å². The molecule has 0 aliphatic heterocycles. The van der Waals surface area contributed by atoms with Gasteiger partial charge in [-0.3, -0.25) is 4.57 Å². The Morgan fingerprint density at radius 2 is 2.14 bits per heavy atom. The zero-order valence-corrected chi connectivity index (χ0v) is 14.5. The molecule has 1 atom stereocenters. The van der Waals surface area contributed by atoms with E-state index in [4.69, 9.17) is 4.52 Å². The molecule has 0 saturated carbocycles. The molecular weight excluding hydrogens is 302 g/mol. The van der Waals surface area contributed by atoms with Gasteiger partial charge < -0.3 is 4.52 Å². The molecular formula is C14H23N5O2S. The van der Waals surface area contributed by atoms with E-state index in [9.17, 15) is 4.79 Å². The smallest absolute Gasteiger partial charge is 0.338 e. The molecule has 0 amide bonds. The summed E-state index contributed by atoms with van der Waals surface area (Å²) in [6.07, 6.45) is 1.96. The number of hydrogen-bond acceptors (Lipinski definition) is 6. The lowest BCUT2D eigenvalue weighted by atomic mass is 9.96. The SMILES string of the molecule is CCCCn1c(S[C@@H](C)c2nc(C(C)(C)C)no2)n[nH]c1=O.